The first-order chi connectivity index (χ1) is 7.81. The first-order valence-electron chi connectivity index (χ1n) is 5.39. The van der Waals surface area contributed by atoms with E-state index in [4.69, 9.17) is 5.73 Å². The van der Waals surface area contributed by atoms with E-state index in [1.807, 2.05) is 11.8 Å². The number of aliphatic imine (C=N–C) groups is 1. The SMILES string of the molecule is CSCCC1CN=C(N)N1Cc1cccs1. The summed E-state index contributed by atoms with van der Waals surface area (Å²) in [6.45, 7) is 1.77. The first-order valence-corrected chi connectivity index (χ1v) is 7.66. The molecule has 2 N–H and O–H groups in total. The molecule has 0 saturated carbocycles. The molecule has 2 rings (SSSR count). The third-order valence-electron chi connectivity index (χ3n) is 2.76. The Bertz CT molecular complexity index is 348. The lowest BCUT2D eigenvalue weighted by molar-refractivity contribution is 0.329. The molecule has 1 unspecified atom stereocenters. The second-order valence-electron chi connectivity index (χ2n) is 3.84. The van der Waals surface area contributed by atoms with Gasteiger partial charge < -0.3 is 10.6 Å². The molecule has 1 atom stereocenters. The zero-order valence-corrected chi connectivity index (χ0v) is 11.1. The van der Waals surface area contributed by atoms with E-state index < -0.39 is 0 Å². The highest BCUT2D eigenvalue weighted by Gasteiger charge is 2.25. The maximum atomic E-state index is 5.93. The van der Waals surface area contributed by atoms with Crippen LogP contribution in [0.3, 0.4) is 0 Å². The minimum atomic E-state index is 0.495. The van der Waals surface area contributed by atoms with Gasteiger partial charge in [0.25, 0.3) is 0 Å². The number of rotatable bonds is 5. The Morgan fingerprint density at radius 3 is 3.25 bits per heavy atom. The van der Waals surface area contributed by atoms with Crippen LogP contribution < -0.4 is 5.73 Å². The number of guanidine groups is 1. The molecule has 1 aliphatic rings. The predicted molar refractivity (Wildman–Crippen MR) is 73.1 cm³/mol. The van der Waals surface area contributed by atoms with Crippen molar-refractivity contribution < 1.29 is 0 Å². The smallest absolute Gasteiger partial charge is 0.191 e. The molecule has 0 bridgehead atoms. The van der Waals surface area contributed by atoms with Crippen molar-refractivity contribution in [2.45, 2.75) is 19.0 Å². The molecule has 0 fully saturated rings. The van der Waals surface area contributed by atoms with Gasteiger partial charge in [-0.1, -0.05) is 6.07 Å². The van der Waals surface area contributed by atoms with E-state index in [0.717, 1.165) is 19.5 Å². The van der Waals surface area contributed by atoms with Gasteiger partial charge in [0.1, 0.15) is 0 Å². The molecular formula is C11H17N3S2. The molecule has 0 aromatic carbocycles. The van der Waals surface area contributed by atoms with Crippen LogP contribution in [0.15, 0.2) is 22.5 Å². The van der Waals surface area contributed by atoms with Crippen molar-refractivity contribution in [3.8, 4) is 0 Å². The molecule has 88 valence electrons. The van der Waals surface area contributed by atoms with Crippen LogP contribution in [0, 0.1) is 0 Å². The quantitative estimate of drug-likeness (QED) is 0.875. The fourth-order valence-corrected chi connectivity index (χ4v) is 3.07. The summed E-state index contributed by atoms with van der Waals surface area (Å²) in [6, 6.07) is 4.73. The molecule has 0 aliphatic carbocycles. The van der Waals surface area contributed by atoms with Gasteiger partial charge in [0.15, 0.2) is 5.96 Å². The van der Waals surface area contributed by atoms with Crippen LogP contribution in [-0.4, -0.2) is 35.5 Å². The summed E-state index contributed by atoms with van der Waals surface area (Å²) >= 11 is 3.66. The first kappa shape index (κ1) is 11.8. The Balaban J connectivity index is 1.96. The van der Waals surface area contributed by atoms with Crippen molar-refractivity contribution in [2.24, 2.45) is 10.7 Å². The normalized spacial score (nSPS) is 20.2. The standard InChI is InChI=1S/C11H17N3S2/c1-15-6-4-9-7-13-11(12)14(9)8-10-3-2-5-16-10/h2-3,5,9H,4,6-8H2,1H3,(H2,12,13). The Labute approximate surface area is 105 Å². The van der Waals surface area contributed by atoms with Gasteiger partial charge in [-0.25, -0.2) is 0 Å². The van der Waals surface area contributed by atoms with Gasteiger partial charge in [-0.15, -0.1) is 11.3 Å². The molecule has 0 radical (unpaired) electrons. The third-order valence-corrected chi connectivity index (χ3v) is 4.27. The zero-order chi connectivity index (χ0) is 11.4. The van der Waals surface area contributed by atoms with Crippen molar-refractivity contribution in [1.29, 1.82) is 0 Å². The second kappa shape index (κ2) is 5.59. The summed E-state index contributed by atoms with van der Waals surface area (Å²) in [4.78, 5) is 7.94. The van der Waals surface area contributed by atoms with E-state index in [1.165, 1.54) is 10.6 Å². The molecule has 0 spiro atoms. The average molecular weight is 255 g/mol. The lowest BCUT2D eigenvalue weighted by Gasteiger charge is -2.25. The molecule has 1 aromatic heterocycles. The summed E-state index contributed by atoms with van der Waals surface area (Å²) in [6.07, 6.45) is 3.31. The number of nitrogens with zero attached hydrogens (tertiary/aromatic N) is 2. The summed E-state index contributed by atoms with van der Waals surface area (Å²) < 4.78 is 0. The summed E-state index contributed by atoms with van der Waals surface area (Å²) in [5, 5.41) is 2.11. The fourth-order valence-electron chi connectivity index (χ4n) is 1.86. The van der Waals surface area contributed by atoms with E-state index >= 15 is 0 Å². The number of hydrogen-bond acceptors (Lipinski definition) is 5. The monoisotopic (exact) mass is 255 g/mol. The van der Waals surface area contributed by atoms with Crippen LogP contribution in [0.1, 0.15) is 11.3 Å². The summed E-state index contributed by atoms with van der Waals surface area (Å²) in [5.74, 6) is 1.88. The maximum Gasteiger partial charge on any atom is 0.191 e. The third kappa shape index (κ3) is 2.71. The number of nitrogens with two attached hydrogens (primary N) is 1. The van der Waals surface area contributed by atoms with Crippen LogP contribution in [0.4, 0.5) is 0 Å². The molecule has 2 heterocycles. The Morgan fingerprint density at radius 2 is 2.56 bits per heavy atom. The van der Waals surface area contributed by atoms with Crippen LogP contribution in [0.2, 0.25) is 0 Å². The van der Waals surface area contributed by atoms with Gasteiger partial charge in [-0.2, -0.15) is 11.8 Å². The topological polar surface area (TPSA) is 41.6 Å². The van der Waals surface area contributed by atoms with E-state index in [9.17, 15) is 0 Å². The number of hydrogen-bond donors (Lipinski definition) is 1. The lowest BCUT2D eigenvalue weighted by Crippen LogP contribution is -2.40. The van der Waals surface area contributed by atoms with Gasteiger partial charge >= 0.3 is 0 Å². The van der Waals surface area contributed by atoms with Gasteiger partial charge in [0.2, 0.25) is 0 Å². The van der Waals surface area contributed by atoms with Gasteiger partial charge in [0.05, 0.1) is 19.1 Å². The highest BCUT2D eigenvalue weighted by molar-refractivity contribution is 7.98. The fraction of sp³-hybridized carbons (Fsp3) is 0.545. The zero-order valence-electron chi connectivity index (χ0n) is 9.43. The second-order valence-corrected chi connectivity index (χ2v) is 5.86. The molecule has 0 amide bonds. The number of thioether (sulfide) groups is 1. The van der Waals surface area contributed by atoms with Crippen molar-refractivity contribution >= 4 is 29.1 Å². The molecule has 0 saturated heterocycles. The van der Waals surface area contributed by atoms with Crippen LogP contribution in [0.25, 0.3) is 0 Å². The minimum absolute atomic E-state index is 0.495. The summed E-state index contributed by atoms with van der Waals surface area (Å²) in [7, 11) is 0. The van der Waals surface area contributed by atoms with Gasteiger partial charge in [0, 0.05) is 4.88 Å². The molecule has 16 heavy (non-hydrogen) atoms. The van der Waals surface area contributed by atoms with Crippen molar-refractivity contribution in [2.75, 3.05) is 18.6 Å². The van der Waals surface area contributed by atoms with Crippen molar-refractivity contribution in [3.05, 3.63) is 22.4 Å². The van der Waals surface area contributed by atoms with Crippen molar-refractivity contribution in [3.63, 3.8) is 0 Å². The van der Waals surface area contributed by atoms with Gasteiger partial charge in [-0.05, 0) is 29.9 Å². The van der Waals surface area contributed by atoms with E-state index in [-0.39, 0.29) is 0 Å². The highest BCUT2D eigenvalue weighted by Crippen LogP contribution is 2.19. The molecule has 1 aromatic rings. The van der Waals surface area contributed by atoms with Crippen LogP contribution in [-0.2, 0) is 6.54 Å². The Kier molecular flexibility index (Phi) is 4.12. The Hall–Kier alpha value is -0.680. The van der Waals surface area contributed by atoms with E-state index in [1.54, 1.807) is 11.3 Å². The van der Waals surface area contributed by atoms with Crippen LogP contribution in [0.5, 0.6) is 0 Å². The molecule has 5 heteroatoms. The molecule has 3 nitrogen and oxygen atoms in total. The van der Waals surface area contributed by atoms with Crippen LogP contribution >= 0.6 is 23.1 Å². The Morgan fingerprint density at radius 1 is 1.69 bits per heavy atom. The largest absolute Gasteiger partial charge is 0.370 e. The highest BCUT2D eigenvalue weighted by atomic mass is 32.2. The van der Waals surface area contributed by atoms with Gasteiger partial charge in [-0.3, -0.25) is 4.99 Å². The predicted octanol–water partition coefficient (Wildman–Crippen LogP) is 2.00. The lowest BCUT2D eigenvalue weighted by atomic mass is 10.2. The van der Waals surface area contributed by atoms with E-state index in [2.05, 4.69) is 33.7 Å². The molecule has 1 aliphatic heterocycles. The molecular weight excluding hydrogens is 238 g/mol. The minimum Gasteiger partial charge on any atom is -0.370 e. The van der Waals surface area contributed by atoms with E-state index in [0.29, 0.717) is 12.0 Å². The summed E-state index contributed by atoms with van der Waals surface area (Å²) in [5.41, 5.74) is 5.93. The number of thiophene rings is 1. The average Bonchev–Trinajstić information content (AvgIpc) is 2.89. The maximum absolute atomic E-state index is 5.93. The van der Waals surface area contributed by atoms with Crippen molar-refractivity contribution in [1.82, 2.24) is 4.90 Å².